The lowest BCUT2D eigenvalue weighted by Gasteiger charge is -2.20. The third-order valence-corrected chi connectivity index (χ3v) is 25.8. The first kappa shape index (κ1) is 86.6. The number of hydrogen-bond acceptors (Lipinski definition) is 0. The van der Waals surface area contributed by atoms with Crippen LogP contribution in [0.15, 0.2) is 431 Å². The first-order chi connectivity index (χ1) is 65.6. The maximum atomic E-state index is 14.2. The molecule has 0 radical (unpaired) electrons. The van der Waals surface area contributed by atoms with Crippen molar-refractivity contribution in [3.8, 4) is 100 Å². The van der Waals surface area contributed by atoms with Gasteiger partial charge in [0, 0.05) is 0 Å². The molecule has 0 amide bonds. The molecule has 0 nitrogen and oxygen atoms in total. The molecule has 0 fully saturated rings. The maximum absolute atomic E-state index is 14.2. The van der Waals surface area contributed by atoms with Crippen molar-refractivity contribution in [3.05, 3.63) is 459 Å². The second-order valence-electron chi connectivity index (χ2n) is 34.0. The van der Waals surface area contributed by atoms with Gasteiger partial charge in [0.05, 0.1) is 27.8 Å². The molecule has 0 aliphatic carbocycles. The second kappa shape index (κ2) is 34.2. The first-order valence-electron chi connectivity index (χ1n) is 43.8. The van der Waals surface area contributed by atoms with Crippen LogP contribution in [0.3, 0.4) is 0 Å². The molecule has 0 heterocycles. The van der Waals surface area contributed by atoms with Crippen LogP contribution in [0, 0.1) is 0 Å². The van der Waals surface area contributed by atoms with Crippen LogP contribution >= 0.6 is 0 Å². The minimum absolute atomic E-state index is 0.222. The summed E-state index contributed by atoms with van der Waals surface area (Å²) < 4.78 is 209. The van der Waals surface area contributed by atoms with E-state index in [0.717, 1.165) is 159 Å². The van der Waals surface area contributed by atoms with Crippen molar-refractivity contribution in [1.29, 1.82) is 0 Å². The summed E-state index contributed by atoms with van der Waals surface area (Å²) >= 11 is 0. The van der Waals surface area contributed by atoms with Gasteiger partial charge in [-0.05, 0) is 304 Å². The number of alkyl halides is 15. The van der Waals surface area contributed by atoms with E-state index in [1.54, 1.807) is 12.1 Å². The van der Waals surface area contributed by atoms with Crippen LogP contribution in [0.25, 0.3) is 219 Å². The SMILES string of the molecule is FC(F)(F)c1ccc(-c2ccc(-c3c4ccccc4c(-c4ccc5ccccc5c4)c4ccccc34)cc2)cc1.FC(F)(F)c1ccc2c(-c3ccc(-c4ccc5ccccc5c4)cc3)c3ccc(C(F)(F)F)cc3c(-c3ccc4ccccc4c3)c2c1.FC(F)(F)c1ccc2c(-c3ccc(-c4cccc5ccccc45)cc3)c3ccc(C(F)(F)F)cc3c(-c3ccc4ccccc4c3)c2c1. The zero-order chi connectivity index (χ0) is 93.7. The van der Waals surface area contributed by atoms with E-state index in [4.69, 9.17) is 0 Å². The average molecular weight is 1810 g/mol. The monoisotopic (exact) mass is 1810 g/mol. The lowest BCUT2D eigenvalue weighted by molar-refractivity contribution is -0.138. The van der Waals surface area contributed by atoms with E-state index < -0.39 is 58.7 Å². The first-order valence-corrected chi connectivity index (χ1v) is 43.8. The molecule has 0 N–H and O–H groups in total. The summed E-state index contributed by atoms with van der Waals surface area (Å²) in [6.07, 6.45) is -23.0. The molecule has 0 unspecified atom stereocenters. The zero-order valence-corrected chi connectivity index (χ0v) is 71.7. The highest BCUT2D eigenvalue weighted by atomic mass is 19.4. The quantitative estimate of drug-likeness (QED) is 0.0998. The Morgan fingerprint density at radius 2 is 0.309 bits per heavy atom. The van der Waals surface area contributed by atoms with E-state index in [9.17, 15) is 65.9 Å². The summed E-state index contributed by atoms with van der Waals surface area (Å²) in [6.45, 7) is 0. The van der Waals surface area contributed by atoms with Gasteiger partial charge in [-0.25, -0.2) is 0 Å². The number of hydrogen-bond donors (Lipinski definition) is 0. The highest BCUT2D eigenvalue weighted by Crippen LogP contribution is 2.53. The molecule has 0 saturated heterocycles. The Morgan fingerprint density at radius 3 is 0.618 bits per heavy atom. The summed E-state index contributed by atoms with van der Waals surface area (Å²) in [5, 5.41) is 17.8. The van der Waals surface area contributed by atoms with E-state index >= 15 is 0 Å². The lowest BCUT2D eigenvalue weighted by atomic mass is 9.84. The Labute approximate surface area is 769 Å². The minimum atomic E-state index is -4.65. The Balaban J connectivity index is 0.000000123. The summed E-state index contributed by atoms with van der Waals surface area (Å²) in [5.74, 6) is 0. The number of benzene rings is 23. The summed E-state index contributed by atoms with van der Waals surface area (Å²) in [4.78, 5) is 0. The van der Waals surface area contributed by atoms with Crippen molar-refractivity contribution in [2.75, 3.05) is 0 Å². The average Bonchev–Trinajstić information content (AvgIpc) is 0.729. The fourth-order valence-corrected chi connectivity index (χ4v) is 19.4. The molecule has 136 heavy (non-hydrogen) atoms. The zero-order valence-electron chi connectivity index (χ0n) is 71.7. The van der Waals surface area contributed by atoms with Gasteiger partial charge in [0.15, 0.2) is 0 Å². The topological polar surface area (TPSA) is 0 Å². The molecule has 0 aliphatic rings. The minimum Gasteiger partial charge on any atom is -0.166 e. The highest BCUT2D eigenvalue weighted by molar-refractivity contribution is 6.25. The van der Waals surface area contributed by atoms with Crippen molar-refractivity contribution in [3.63, 3.8) is 0 Å². The second-order valence-corrected chi connectivity index (χ2v) is 34.0. The summed E-state index contributed by atoms with van der Waals surface area (Å²) in [6, 6.07) is 129. The fourth-order valence-electron chi connectivity index (χ4n) is 19.4. The van der Waals surface area contributed by atoms with Gasteiger partial charge in [0.2, 0.25) is 0 Å². The van der Waals surface area contributed by atoms with Crippen LogP contribution in [-0.2, 0) is 30.9 Å². The number of fused-ring (bicyclic) bond motifs is 11. The summed E-state index contributed by atoms with van der Waals surface area (Å²) in [5.41, 5.74) is 10.2. The van der Waals surface area contributed by atoms with Crippen LogP contribution in [0.5, 0.6) is 0 Å². The van der Waals surface area contributed by atoms with Crippen molar-refractivity contribution < 1.29 is 65.9 Å². The van der Waals surface area contributed by atoms with E-state index in [-0.39, 0.29) is 21.5 Å². The van der Waals surface area contributed by atoms with E-state index in [1.807, 2.05) is 212 Å². The van der Waals surface area contributed by atoms with Gasteiger partial charge >= 0.3 is 30.9 Å². The van der Waals surface area contributed by atoms with Crippen molar-refractivity contribution in [1.82, 2.24) is 0 Å². The summed E-state index contributed by atoms with van der Waals surface area (Å²) in [7, 11) is 0. The van der Waals surface area contributed by atoms with E-state index in [2.05, 4.69) is 109 Å². The fraction of sp³-hybridized carbons (Fsp3) is 0.0413. The molecular weight excluding hydrogens is 1740 g/mol. The molecule has 23 aromatic carbocycles. The molecule has 23 rings (SSSR count). The molecule has 0 aliphatic heterocycles. The van der Waals surface area contributed by atoms with Crippen LogP contribution in [-0.4, -0.2) is 0 Å². The highest BCUT2D eigenvalue weighted by Gasteiger charge is 2.37. The Hall–Kier alpha value is -16.1. The normalized spacial score (nSPS) is 12.2. The molecule has 15 heteroatoms. The Kier molecular flexibility index (Phi) is 21.7. The van der Waals surface area contributed by atoms with Gasteiger partial charge in [0.1, 0.15) is 0 Å². The Bertz CT molecular complexity index is 8440. The molecule has 23 aromatic rings. The largest absolute Gasteiger partial charge is 0.416 e. The number of rotatable bonds is 9. The third-order valence-electron chi connectivity index (χ3n) is 25.8. The van der Waals surface area contributed by atoms with Crippen LogP contribution < -0.4 is 0 Å². The van der Waals surface area contributed by atoms with Crippen LogP contribution in [0.2, 0.25) is 0 Å². The number of halogens is 15. The molecule has 0 spiro atoms. The smallest absolute Gasteiger partial charge is 0.166 e. The van der Waals surface area contributed by atoms with Gasteiger partial charge in [-0.15, -0.1) is 0 Å². The van der Waals surface area contributed by atoms with Crippen molar-refractivity contribution >= 4 is 118 Å². The predicted octanol–water partition coefficient (Wildman–Crippen LogP) is 37.8. The maximum Gasteiger partial charge on any atom is 0.416 e. The third kappa shape index (κ3) is 16.4. The van der Waals surface area contributed by atoms with Gasteiger partial charge in [-0.2, -0.15) is 65.9 Å². The van der Waals surface area contributed by atoms with Gasteiger partial charge in [-0.3, -0.25) is 0 Å². The van der Waals surface area contributed by atoms with E-state index in [0.29, 0.717) is 66.1 Å². The van der Waals surface area contributed by atoms with Gasteiger partial charge in [-0.1, -0.05) is 346 Å². The molecule has 660 valence electrons. The van der Waals surface area contributed by atoms with Crippen LogP contribution in [0.4, 0.5) is 65.9 Å². The van der Waals surface area contributed by atoms with Crippen molar-refractivity contribution in [2.45, 2.75) is 30.9 Å². The standard InChI is InChI=1S/2C42H24F6.C37H23F3/c43-41(44,45)33-17-19-35-37(23-33)40(32-16-12-26-6-2-4-8-30(26)22-32)38-24-34(42(46,47)48)18-20-36(38)39(35)28-13-9-27(10-14-28)31-15-11-25-5-1-3-7-29(25)21-31;43-41(44,45)31-18-20-35-37(23-31)40(30-17-12-25-6-1-2-8-29(25)22-30)38-24-32(42(46,47)48)19-21-36(38)39(35)28-15-13-27(14-16-28)34-11-5-9-26-7-3-4-10-33(26)34;38-37(39,40)30-21-19-26(20-22-30)25-13-16-27(17-14-25)35-31-9-3-5-11-33(31)36(34-12-6-4-10-32(34)35)29-18-15-24-7-1-2-8-28(24)23-29/h2*1-24H;1-23H. The molecule has 0 saturated carbocycles. The molecule has 0 bridgehead atoms. The van der Waals surface area contributed by atoms with Gasteiger partial charge in [0.25, 0.3) is 0 Å². The van der Waals surface area contributed by atoms with E-state index in [1.165, 1.54) is 69.1 Å². The molecule has 0 atom stereocenters. The lowest BCUT2D eigenvalue weighted by Crippen LogP contribution is -2.06. The molecule has 0 aromatic heterocycles. The molecular formula is C121H71F15. The predicted molar refractivity (Wildman–Crippen MR) is 526 cm³/mol. The van der Waals surface area contributed by atoms with Crippen LogP contribution in [0.1, 0.15) is 27.8 Å². The Morgan fingerprint density at radius 1 is 0.110 bits per heavy atom. The van der Waals surface area contributed by atoms with Gasteiger partial charge < -0.3 is 0 Å². The van der Waals surface area contributed by atoms with Crippen molar-refractivity contribution in [2.24, 2.45) is 0 Å².